The van der Waals surface area contributed by atoms with E-state index in [9.17, 15) is 4.39 Å². The number of hydrogen-bond acceptors (Lipinski definition) is 3. The predicted octanol–water partition coefficient (Wildman–Crippen LogP) is 6.67. The maximum absolute atomic E-state index is 14.1. The zero-order chi connectivity index (χ0) is 19.5. The van der Waals surface area contributed by atoms with E-state index in [2.05, 4.69) is 10.2 Å². The maximum Gasteiger partial charge on any atom is 0.196 e. The minimum atomic E-state index is -0.330. The molecule has 0 bridgehead atoms. The van der Waals surface area contributed by atoms with Gasteiger partial charge in [0.15, 0.2) is 11.0 Å². The molecule has 0 fully saturated rings. The molecule has 1 aromatic heterocycles. The van der Waals surface area contributed by atoms with Crippen molar-refractivity contribution >= 4 is 35.0 Å². The normalized spacial score (nSPS) is 11.0. The molecule has 0 atom stereocenters. The van der Waals surface area contributed by atoms with E-state index in [1.54, 1.807) is 12.1 Å². The molecule has 0 N–H and O–H groups in total. The average Bonchev–Trinajstić information content (AvgIpc) is 3.13. The maximum atomic E-state index is 14.1. The first-order chi connectivity index (χ1) is 13.6. The Morgan fingerprint density at radius 2 is 1.61 bits per heavy atom. The highest BCUT2D eigenvalue weighted by molar-refractivity contribution is 7.98. The Kier molecular flexibility index (Phi) is 5.67. The van der Waals surface area contributed by atoms with Crippen LogP contribution in [0.5, 0.6) is 0 Å². The molecule has 140 valence electrons. The van der Waals surface area contributed by atoms with Crippen LogP contribution in [0.25, 0.3) is 17.1 Å². The number of thioether (sulfide) groups is 1. The highest BCUT2D eigenvalue weighted by Gasteiger charge is 2.17. The molecule has 0 saturated heterocycles. The molecule has 4 aromatic rings. The average molecular weight is 430 g/mol. The number of halogens is 3. The van der Waals surface area contributed by atoms with E-state index in [0.717, 1.165) is 11.3 Å². The van der Waals surface area contributed by atoms with Crippen LogP contribution in [-0.4, -0.2) is 14.8 Å². The first-order valence-corrected chi connectivity index (χ1v) is 10.2. The van der Waals surface area contributed by atoms with Crippen LogP contribution in [0.2, 0.25) is 10.0 Å². The fraction of sp³-hybridized carbons (Fsp3) is 0.0476. The van der Waals surface area contributed by atoms with Gasteiger partial charge in [-0.2, -0.15) is 0 Å². The highest BCUT2D eigenvalue weighted by Crippen LogP contribution is 2.32. The lowest BCUT2D eigenvalue weighted by atomic mass is 10.2. The summed E-state index contributed by atoms with van der Waals surface area (Å²) in [6.45, 7) is 0. The van der Waals surface area contributed by atoms with Gasteiger partial charge in [0, 0.05) is 32.6 Å². The minimum absolute atomic E-state index is 0.330. The fourth-order valence-electron chi connectivity index (χ4n) is 2.77. The van der Waals surface area contributed by atoms with Crippen LogP contribution in [-0.2, 0) is 5.75 Å². The summed E-state index contributed by atoms with van der Waals surface area (Å²) < 4.78 is 16.1. The van der Waals surface area contributed by atoms with E-state index in [1.165, 1.54) is 17.8 Å². The summed E-state index contributed by atoms with van der Waals surface area (Å²) in [6.07, 6.45) is 0. The van der Waals surface area contributed by atoms with Gasteiger partial charge in [0.25, 0.3) is 0 Å². The Bertz CT molecular complexity index is 1080. The monoisotopic (exact) mass is 429 g/mol. The molecule has 3 nitrogen and oxygen atoms in total. The summed E-state index contributed by atoms with van der Waals surface area (Å²) in [7, 11) is 0. The van der Waals surface area contributed by atoms with Gasteiger partial charge in [0.05, 0.1) is 0 Å². The van der Waals surface area contributed by atoms with E-state index >= 15 is 0 Å². The Morgan fingerprint density at radius 3 is 2.32 bits per heavy atom. The van der Waals surface area contributed by atoms with Crippen molar-refractivity contribution in [2.24, 2.45) is 0 Å². The van der Waals surface area contributed by atoms with Gasteiger partial charge in [0.1, 0.15) is 5.82 Å². The van der Waals surface area contributed by atoms with Crippen LogP contribution in [0.3, 0.4) is 0 Å². The number of benzene rings is 3. The number of rotatable bonds is 5. The second kappa shape index (κ2) is 8.35. The number of para-hydroxylation sites is 1. The SMILES string of the molecule is Fc1cccc(Cl)c1CSc1nnc(-c2ccc(Cl)cc2)n1-c1ccccc1. The molecule has 0 aliphatic rings. The molecule has 0 aliphatic carbocycles. The first-order valence-electron chi connectivity index (χ1n) is 8.46. The Hall–Kier alpha value is -2.34. The van der Waals surface area contributed by atoms with Crippen molar-refractivity contribution in [3.8, 4) is 17.1 Å². The third kappa shape index (κ3) is 3.92. The number of nitrogens with zero attached hydrogens (tertiary/aromatic N) is 3. The van der Waals surface area contributed by atoms with Crippen molar-refractivity contribution in [2.45, 2.75) is 10.9 Å². The zero-order valence-electron chi connectivity index (χ0n) is 14.5. The summed E-state index contributed by atoms with van der Waals surface area (Å²) in [4.78, 5) is 0. The van der Waals surface area contributed by atoms with Crippen LogP contribution in [0, 0.1) is 5.82 Å². The number of aromatic nitrogens is 3. The van der Waals surface area contributed by atoms with Gasteiger partial charge in [0.2, 0.25) is 0 Å². The third-order valence-corrected chi connectivity index (χ3v) is 5.72. The van der Waals surface area contributed by atoms with Crippen molar-refractivity contribution in [1.82, 2.24) is 14.8 Å². The molecule has 0 radical (unpaired) electrons. The summed E-state index contributed by atoms with van der Waals surface area (Å²) in [5.41, 5.74) is 2.25. The van der Waals surface area contributed by atoms with Gasteiger partial charge in [-0.3, -0.25) is 4.57 Å². The summed E-state index contributed by atoms with van der Waals surface area (Å²) in [6, 6.07) is 21.9. The molecule has 0 aliphatic heterocycles. The molecule has 28 heavy (non-hydrogen) atoms. The smallest absolute Gasteiger partial charge is 0.196 e. The molecule has 7 heteroatoms. The molecule has 3 aromatic carbocycles. The summed E-state index contributed by atoms with van der Waals surface area (Å²) in [5, 5.41) is 10.4. The van der Waals surface area contributed by atoms with E-state index < -0.39 is 0 Å². The van der Waals surface area contributed by atoms with Crippen LogP contribution in [0.1, 0.15) is 5.56 Å². The van der Waals surface area contributed by atoms with Gasteiger partial charge >= 0.3 is 0 Å². The van der Waals surface area contributed by atoms with Crippen LogP contribution >= 0.6 is 35.0 Å². The molecule has 1 heterocycles. The van der Waals surface area contributed by atoms with Crippen LogP contribution in [0.4, 0.5) is 4.39 Å². The second-order valence-electron chi connectivity index (χ2n) is 5.97. The standard InChI is InChI=1S/C21H14Cl2FN3S/c22-15-11-9-14(10-12-15)20-25-26-21(27(20)16-5-2-1-3-6-16)28-13-17-18(23)7-4-8-19(17)24/h1-12H,13H2. The predicted molar refractivity (Wildman–Crippen MR) is 113 cm³/mol. The summed E-state index contributed by atoms with van der Waals surface area (Å²) in [5.74, 6) is 0.700. The van der Waals surface area contributed by atoms with Gasteiger partial charge in [-0.25, -0.2) is 4.39 Å². The molecule has 4 rings (SSSR count). The van der Waals surface area contributed by atoms with Crippen LogP contribution in [0.15, 0.2) is 78.0 Å². The van der Waals surface area contributed by atoms with Gasteiger partial charge < -0.3 is 0 Å². The van der Waals surface area contributed by atoms with Crippen LogP contribution < -0.4 is 0 Å². The topological polar surface area (TPSA) is 30.7 Å². The molecule has 0 saturated carbocycles. The second-order valence-corrected chi connectivity index (χ2v) is 7.76. The molecule has 0 unspecified atom stereocenters. The van der Waals surface area contributed by atoms with Gasteiger partial charge in [-0.05, 0) is 48.5 Å². The summed E-state index contributed by atoms with van der Waals surface area (Å²) >= 11 is 13.6. The lowest BCUT2D eigenvalue weighted by Crippen LogP contribution is -2.00. The van der Waals surface area contributed by atoms with E-state index in [1.807, 2.05) is 59.2 Å². The van der Waals surface area contributed by atoms with Gasteiger partial charge in [-0.1, -0.05) is 59.2 Å². The lowest BCUT2D eigenvalue weighted by molar-refractivity contribution is 0.617. The Labute approximate surface area is 176 Å². The Morgan fingerprint density at radius 1 is 0.857 bits per heavy atom. The fourth-order valence-corrected chi connectivity index (χ4v) is 4.19. The molecule has 0 amide bonds. The Balaban J connectivity index is 1.74. The quantitative estimate of drug-likeness (QED) is 0.331. The first kappa shape index (κ1) is 19.0. The molecular formula is C21H14Cl2FN3S. The zero-order valence-corrected chi connectivity index (χ0v) is 16.8. The third-order valence-electron chi connectivity index (χ3n) is 4.16. The van der Waals surface area contributed by atoms with E-state index in [0.29, 0.717) is 32.3 Å². The molecular weight excluding hydrogens is 416 g/mol. The van der Waals surface area contributed by atoms with E-state index in [-0.39, 0.29) is 5.82 Å². The number of hydrogen-bond donors (Lipinski definition) is 0. The van der Waals surface area contributed by atoms with Crippen molar-refractivity contribution in [1.29, 1.82) is 0 Å². The van der Waals surface area contributed by atoms with E-state index in [4.69, 9.17) is 23.2 Å². The van der Waals surface area contributed by atoms with Crippen molar-refractivity contribution < 1.29 is 4.39 Å². The van der Waals surface area contributed by atoms with Crippen molar-refractivity contribution in [3.63, 3.8) is 0 Å². The van der Waals surface area contributed by atoms with Crippen molar-refractivity contribution in [2.75, 3.05) is 0 Å². The minimum Gasteiger partial charge on any atom is -0.270 e. The van der Waals surface area contributed by atoms with Crippen molar-refractivity contribution in [3.05, 3.63) is 94.2 Å². The lowest BCUT2D eigenvalue weighted by Gasteiger charge is -2.11. The largest absolute Gasteiger partial charge is 0.270 e. The molecule has 0 spiro atoms. The van der Waals surface area contributed by atoms with Gasteiger partial charge in [-0.15, -0.1) is 10.2 Å². The highest BCUT2D eigenvalue weighted by atomic mass is 35.5.